The molecule has 0 N–H and O–H groups in total. The van der Waals surface area contributed by atoms with Crippen molar-refractivity contribution >= 4 is 39.4 Å². The highest BCUT2D eigenvalue weighted by atomic mass is 14.0. The van der Waals surface area contributed by atoms with Crippen molar-refractivity contribution in [3.05, 3.63) is 0 Å². The van der Waals surface area contributed by atoms with Gasteiger partial charge in [-0.15, -0.1) is 0 Å². The van der Waals surface area contributed by atoms with Gasteiger partial charge in [0.05, 0.1) is 0 Å². The molecule has 0 spiro atoms. The molecule has 25 heavy (non-hydrogen) atoms. The highest BCUT2D eigenvalue weighted by molar-refractivity contribution is 7.17. The van der Waals surface area contributed by atoms with Gasteiger partial charge in [0.25, 0.3) is 0 Å². The first-order valence-electron chi connectivity index (χ1n) is 6.67. The van der Waals surface area contributed by atoms with Gasteiger partial charge in [-0.1, -0.05) is 136 Å². The van der Waals surface area contributed by atoms with E-state index >= 15 is 0 Å². The first-order chi connectivity index (χ1) is 7.41. The molecule has 0 amide bonds. The van der Waals surface area contributed by atoms with Gasteiger partial charge < -0.3 is 0 Å². The zero-order valence-electron chi connectivity index (χ0n) is 11.4. The summed E-state index contributed by atoms with van der Waals surface area (Å²) in [6.07, 6.45) is 18.0. The standard InChI is InChI=1S/4C3H6.8CH4.B3.2B.H2/c4*1-2-3-1;;;;;;;;;1-3-2;;;/h4*1-3H2;8*1H4;;;;1H/i;;;;;;;;;;;;;;;1+2. The molecule has 0 atom stereocenters. The van der Waals surface area contributed by atoms with E-state index in [1.54, 1.807) is 0 Å². The van der Waals surface area contributed by atoms with Crippen molar-refractivity contribution in [1.82, 2.24) is 0 Å². The number of rotatable bonds is 0. The monoisotopic (exact) mass is 356 g/mol. The second-order valence-electron chi connectivity index (χ2n) is 4.44. The zero-order chi connectivity index (χ0) is 11.2. The third-order valence-corrected chi connectivity index (χ3v) is 1.41. The molecule has 0 heterocycles. The van der Waals surface area contributed by atoms with Gasteiger partial charge in [0.2, 0.25) is 0 Å². The molecule has 4 rings (SSSR count). The van der Waals surface area contributed by atoms with Crippen molar-refractivity contribution < 1.29 is 1.43 Å². The van der Waals surface area contributed by atoms with Crippen LogP contribution in [0.5, 0.6) is 0 Å². The maximum Gasteiger partial charge on any atom is 0 e. The van der Waals surface area contributed by atoms with Crippen molar-refractivity contribution in [1.29, 1.82) is 0 Å². The van der Waals surface area contributed by atoms with E-state index in [2.05, 4.69) is 15.5 Å². The largest absolute Gasteiger partial charge is 0.0776 e. The summed E-state index contributed by atoms with van der Waals surface area (Å²) in [6, 6.07) is 0. The maximum atomic E-state index is 4.50. The lowest BCUT2D eigenvalue weighted by molar-refractivity contribution is 1.50. The fourth-order valence-corrected chi connectivity index (χ4v) is 0. The van der Waals surface area contributed by atoms with Crippen LogP contribution in [0.2, 0.25) is 0 Å². The summed E-state index contributed by atoms with van der Waals surface area (Å²) < 4.78 is 0. The predicted octanol–water partition coefficient (Wildman–Crippen LogP) is 8.11. The molecule has 5 heteroatoms. The molecule has 11 radical (unpaired) electrons. The molecule has 4 fully saturated rings. The summed E-state index contributed by atoms with van der Waals surface area (Å²) >= 11 is 0. The second-order valence-corrected chi connectivity index (χ2v) is 4.44. The van der Waals surface area contributed by atoms with Gasteiger partial charge in [-0.3, -0.25) is 0 Å². The van der Waals surface area contributed by atoms with E-state index in [0.29, 0.717) is 0 Å². The van der Waals surface area contributed by atoms with E-state index in [4.69, 9.17) is 0 Å². The lowest BCUT2D eigenvalue weighted by Gasteiger charge is -1.41. The van der Waals surface area contributed by atoms with Crippen molar-refractivity contribution in [3.63, 3.8) is 0 Å². The van der Waals surface area contributed by atoms with Crippen LogP contribution in [-0.2, 0) is 0 Å². The van der Waals surface area contributed by atoms with Gasteiger partial charge >= 0.3 is 0 Å². The fraction of sp³-hybridized carbons (Fsp3) is 1.00. The minimum Gasteiger partial charge on any atom is -0.0776 e. The van der Waals surface area contributed by atoms with Crippen molar-refractivity contribution in [2.45, 2.75) is 136 Å². The van der Waals surface area contributed by atoms with Crippen molar-refractivity contribution in [3.8, 4) is 0 Å². The molecular weight excluding hydrogens is 294 g/mol. The summed E-state index contributed by atoms with van der Waals surface area (Å²) in [7, 11) is 10.0. The van der Waals surface area contributed by atoms with Gasteiger partial charge in [0.1, 0.15) is 0 Å². The minimum absolute atomic E-state index is 0. The van der Waals surface area contributed by atoms with Gasteiger partial charge in [-0.2, -0.15) is 0 Å². The number of hydrogen-bond donors (Lipinski definition) is 0. The Labute approximate surface area is 177 Å². The molecule has 0 aromatic carbocycles. The van der Waals surface area contributed by atoms with E-state index in [0.717, 1.165) is 7.06 Å². The lowest BCUT2D eigenvalue weighted by atomic mass is 9.40. The van der Waals surface area contributed by atoms with Crippen LogP contribution >= 0.6 is 0 Å². The van der Waals surface area contributed by atoms with E-state index < -0.39 is 0 Å². The normalized spacial score (nSPS) is 12.0. The average Bonchev–Trinajstić information content (AvgIpc) is 3.17. The summed E-state index contributed by atoms with van der Waals surface area (Å²) in [6.45, 7) is 0. The van der Waals surface area contributed by atoms with Crippen LogP contribution in [0.25, 0.3) is 0 Å². The first kappa shape index (κ1) is 73.0. The Morgan fingerprint density at radius 1 is 0.360 bits per heavy atom. The SMILES string of the molecule is C.C.C.C.C.C.C.C.C1CC1.C1CC1.C1CC1.C1CC1.[3HH].[B].[B].[B][B][B]. The van der Waals surface area contributed by atoms with Crippen LogP contribution in [0.15, 0.2) is 0 Å². The smallest absolute Gasteiger partial charge is 0 e. The van der Waals surface area contributed by atoms with Crippen molar-refractivity contribution in [2.24, 2.45) is 0 Å². The van der Waals surface area contributed by atoms with E-state index in [9.17, 15) is 0 Å². The Balaban J connectivity index is -0.00000000852. The molecular formula is C20H58B5. The molecule has 0 aliphatic heterocycles. The summed E-state index contributed by atoms with van der Waals surface area (Å²) in [5, 5.41) is 0. The first-order valence-corrected chi connectivity index (χ1v) is 6.67. The van der Waals surface area contributed by atoms with Crippen LogP contribution < -0.4 is 0 Å². The van der Waals surface area contributed by atoms with Gasteiger partial charge in [-0.25, -0.2) is 0 Å². The van der Waals surface area contributed by atoms with Crippen LogP contribution in [0.1, 0.15) is 138 Å². The molecule has 153 valence electrons. The van der Waals surface area contributed by atoms with Crippen LogP contribution in [0.4, 0.5) is 0 Å². The molecule has 0 unspecified atom stereocenters. The quantitative estimate of drug-likeness (QED) is 0.385. The fourth-order valence-electron chi connectivity index (χ4n) is 0. The van der Waals surface area contributed by atoms with Crippen LogP contribution in [-0.4, -0.2) is 39.4 Å². The van der Waals surface area contributed by atoms with Gasteiger partial charge in [-0.05, 0) is 0 Å². The second kappa shape index (κ2) is 74.5. The Bertz CT molecular complexity index is 77.4. The van der Waals surface area contributed by atoms with Crippen molar-refractivity contribution in [2.75, 3.05) is 0 Å². The molecule has 0 bridgehead atoms. The van der Waals surface area contributed by atoms with Gasteiger partial charge in [0, 0.05) is 40.8 Å². The molecule has 0 aromatic rings. The van der Waals surface area contributed by atoms with E-state index in [1.807, 2.05) is 0 Å². The molecule has 4 aliphatic carbocycles. The number of hydrogen-bond acceptors (Lipinski definition) is 0. The average molecular weight is 355 g/mol. The van der Waals surface area contributed by atoms with E-state index in [-0.39, 0.29) is 77.7 Å². The Hall–Kier alpha value is 0.325. The molecule has 4 aliphatic rings. The third-order valence-electron chi connectivity index (χ3n) is 1.41. The topological polar surface area (TPSA) is 0 Å². The maximum absolute atomic E-state index is 4.50. The Morgan fingerprint density at radius 2 is 0.400 bits per heavy atom. The molecule has 0 aromatic heterocycles. The molecule has 0 nitrogen and oxygen atoms in total. The summed E-state index contributed by atoms with van der Waals surface area (Å²) in [4.78, 5) is 0. The Kier molecular flexibility index (Phi) is 218. The lowest BCUT2D eigenvalue weighted by Crippen LogP contribution is -1.79. The Morgan fingerprint density at radius 3 is 0.400 bits per heavy atom. The highest BCUT2D eigenvalue weighted by Crippen LogP contribution is 2.15. The minimum atomic E-state index is 0. The molecule has 4 saturated carbocycles. The third kappa shape index (κ3) is 648. The van der Waals surface area contributed by atoms with E-state index in [1.165, 1.54) is 77.0 Å². The summed E-state index contributed by atoms with van der Waals surface area (Å²) in [5.41, 5.74) is 0. The zero-order valence-corrected chi connectivity index (χ0v) is 11.4. The van der Waals surface area contributed by atoms with Gasteiger partial charge in [0.15, 0.2) is 0 Å². The highest BCUT2D eigenvalue weighted by Gasteiger charge is 1.96. The summed E-state index contributed by atoms with van der Waals surface area (Å²) in [5.74, 6) is 0. The van der Waals surface area contributed by atoms with Crippen LogP contribution in [0.3, 0.4) is 0 Å². The predicted molar refractivity (Wildman–Crippen MR) is 140 cm³/mol. The molecule has 0 saturated heterocycles. The van der Waals surface area contributed by atoms with Crippen LogP contribution in [0, 0.1) is 0 Å².